The minimum Gasteiger partial charge on any atom is -0.377 e. The predicted molar refractivity (Wildman–Crippen MR) is 85.7 cm³/mol. The summed E-state index contributed by atoms with van der Waals surface area (Å²) < 4.78 is 13.3. The van der Waals surface area contributed by atoms with Crippen molar-refractivity contribution in [2.45, 2.75) is 51.6 Å². The molecule has 0 unspecified atom stereocenters. The Hall–Kier alpha value is -2.18. The van der Waals surface area contributed by atoms with E-state index in [9.17, 15) is 19.3 Å². The van der Waals surface area contributed by atoms with Crippen molar-refractivity contribution in [2.24, 2.45) is 5.92 Å². The molecule has 0 aliphatic heterocycles. The average molecular weight is 323 g/mol. The number of rotatable bonds is 5. The van der Waals surface area contributed by atoms with Gasteiger partial charge < -0.3 is 10.6 Å². The Morgan fingerprint density at radius 1 is 1.30 bits per heavy atom. The SMILES string of the molecule is CC(C)NC(=O)C1CCC(Nc2cc(F)ccc2[N+](=O)[O-])CC1. The van der Waals surface area contributed by atoms with Crippen LogP contribution in [-0.2, 0) is 4.79 Å². The van der Waals surface area contributed by atoms with E-state index in [1.807, 2.05) is 13.8 Å². The fraction of sp³-hybridized carbons (Fsp3) is 0.562. The monoisotopic (exact) mass is 323 g/mol. The molecule has 7 heteroatoms. The molecule has 1 fully saturated rings. The number of nitrogens with zero attached hydrogens (tertiary/aromatic N) is 1. The number of nitrogens with one attached hydrogen (secondary N) is 2. The van der Waals surface area contributed by atoms with E-state index in [2.05, 4.69) is 10.6 Å². The summed E-state index contributed by atoms with van der Waals surface area (Å²) in [4.78, 5) is 22.5. The molecule has 0 spiro atoms. The summed E-state index contributed by atoms with van der Waals surface area (Å²) >= 11 is 0. The largest absolute Gasteiger partial charge is 0.377 e. The molecule has 0 aromatic heterocycles. The van der Waals surface area contributed by atoms with Gasteiger partial charge in [-0.15, -0.1) is 0 Å². The molecule has 1 aliphatic carbocycles. The average Bonchev–Trinajstić information content (AvgIpc) is 2.47. The summed E-state index contributed by atoms with van der Waals surface area (Å²) in [6.07, 6.45) is 2.90. The van der Waals surface area contributed by atoms with Crippen molar-refractivity contribution < 1.29 is 14.1 Å². The second kappa shape index (κ2) is 7.39. The second-order valence-corrected chi connectivity index (χ2v) is 6.27. The van der Waals surface area contributed by atoms with E-state index in [0.29, 0.717) is 0 Å². The van der Waals surface area contributed by atoms with Crippen LogP contribution in [0.25, 0.3) is 0 Å². The number of halogens is 1. The third-order valence-electron chi connectivity index (χ3n) is 4.04. The van der Waals surface area contributed by atoms with Crippen molar-refractivity contribution >= 4 is 17.3 Å². The smallest absolute Gasteiger partial charge is 0.292 e. The first-order chi connectivity index (χ1) is 10.9. The molecule has 0 bridgehead atoms. The number of anilines is 1. The first-order valence-corrected chi connectivity index (χ1v) is 7.87. The summed E-state index contributed by atoms with van der Waals surface area (Å²) in [5.41, 5.74) is 0.0659. The minimum atomic E-state index is -0.524. The van der Waals surface area contributed by atoms with Crippen LogP contribution >= 0.6 is 0 Å². The van der Waals surface area contributed by atoms with Gasteiger partial charge in [-0.05, 0) is 45.6 Å². The highest BCUT2D eigenvalue weighted by Gasteiger charge is 2.27. The van der Waals surface area contributed by atoms with Crippen molar-refractivity contribution in [1.29, 1.82) is 0 Å². The number of nitro groups is 1. The van der Waals surface area contributed by atoms with Crippen molar-refractivity contribution in [3.05, 3.63) is 34.1 Å². The maximum absolute atomic E-state index is 13.3. The zero-order valence-electron chi connectivity index (χ0n) is 13.3. The van der Waals surface area contributed by atoms with Crippen molar-refractivity contribution in [3.8, 4) is 0 Å². The normalized spacial score (nSPS) is 21.0. The Bertz CT molecular complexity index is 584. The Labute approximate surface area is 134 Å². The van der Waals surface area contributed by atoms with Crippen molar-refractivity contribution in [1.82, 2.24) is 5.32 Å². The molecule has 0 saturated heterocycles. The number of nitro benzene ring substituents is 1. The fourth-order valence-electron chi connectivity index (χ4n) is 2.91. The number of benzene rings is 1. The maximum Gasteiger partial charge on any atom is 0.292 e. The van der Waals surface area contributed by atoms with Gasteiger partial charge in [0.2, 0.25) is 5.91 Å². The second-order valence-electron chi connectivity index (χ2n) is 6.27. The first-order valence-electron chi connectivity index (χ1n) is 7.87. The highest BCUT2D eigenvalue weighted by molar-refractivity contribution is 5.79. The molecule has 126 valence electrons. The van der Waals surface area contributed by atoms with Crippen LogP contribution < -0.4 is 10.6 Å². The van der Waals surface area contributed by atoms with E-state index < -0.39 is 10.7 Å². The van der Waals surface area contributed by atoms with Gasteiger partial charge in [0.1, 0.15) is 11.5 Å². The Kier molecular flexibility index (Phi) is 5.52. The van der Waals surface area contributed by atoms with E-state index in [1.54, 1.807) is 0 Å². The third kappa shape index (κ3) is 4.64. The van der Waals surface area contributed by atoms with Gasteiger partial charge in [-0.25, -0.2) is 4.39 Å². The van der Waals surface area contributed by atoms with Crippen LogP contribution in [0.2, 0.25) is 0 Å². The topological polar surface area (TPSA) is 84.3 Å². The number of hydrogen-bond donors (Lipinski definition) is 2. The zero-order chi connectivity index (χ0) is 17.0. The summed E-state index contributed by atoms with van der Waals surface area (Å²) in [6, 6.07) is 3.53. The molecule has 0 heterocycles. The lowest BCUT2D eigenvalue weighted by Gasteiger charge is -2.29. The van der Waals surface area contributed by atoms with Gasteiger partial charge >= 0.3 is 0 Å². The molecule has 1 amide bonds. The third-order valence-corrected chi connectivity index (χ3v) is 4.04. The fourth-order valence-corrected chi connectivity index (χ4v) is 2.91. The van der Waals surface area contributed by atoms with E-state index in [1.165, 1.54) is 6.07 Å². The van der Waals surface area contributed by atoms with Crippen LogP contribution in [0.15, 0.2) is 18.2 Å². The Balaban J connectivity index is 1.96. The molecule has 0 radical (unpaired) electrons. The molecule has 1 aromatic rings. The Morgan fingerprint density at radius 3 is 2.52 bits per heavy atom. The molecule has 6 nitrogen and oxygen atoms in total. The number of carbonyl (C=O) groups excluding carboxylic acids is 1. The quantitative estimate of drug-likeness (QED) is 0.643. The molecule has 1 saturated carbocycles. The van der Waals surface area contributed by atoms with Crippen LogP contribution in [0, 0.1) is 21.8 Å². The highest BCUT2D eigenvalue weighted by atomic mass is 19.1. The van der Waals surface area contributed by atoms with Gasteiger partial charge in [-0.2, -0.15) is 0 Å². The molecule has 1 aliphatic rings. The number of amides is 1. The lowest BCUT2D eigenvalue weighted by Crippen LogP contribution is -2.38. The van der Waals surface area contributed by atoms with Crippen molar-refractivity contribution in [2.75, 3.05) is 5.32 Å². The summed E-state index contributed by atoms with van der Waals surface area (Å²) in [5.74, 6) is -0.462. The van der Waals surface area contributed by atoms with Gasteiger partial charge in [-0.3, -0.25) is 14.9 Å². The van der Waals surface area contributed by atoms with Crippen LogP contribution in [0.1, 0.15) is 39.5 Å². The summed E-state index contributed by atoms with van der Waals surface area (Å²) in [5, 5.41) is 17.0. The summed E-state index contributed by atoms with van der Waals surface area (Å²) in [7, 11) is 0. The van der Waals surface area contributed by atoms with E-state index in [4.69, 9.17) is 0 Å². The van der Waals surface area contributed by atoms with Gasteiger partial charge in [0.15, 0.2) is 0 Å². The van der Waals surface area contributed by atoms with Gasteiger partial charge in [0.05, 0.1) is 4.92 Å². The van der Waals surface area contributed by atoms with Gasteiger partial charge in [0.25, 0.3) is 5.69 Å². The van der Waals surface area contributed by atoms with E-state index in [0.717, 1.165) is 37.8 Å². The molecule has 2 rings (SSSR count). The lowest BCUT2D eigenvalue weighted by molar-refractivity contribution is -0.384. The summed E-state index contributed by atoms with van der Waals surface area (Å²) in [6.45, 7) is 3.85. The highest BCUT2D eigenvalue weighted by Crippen LogP contribution is 2.31. The minimum absolute atomic E-state index is 0.0126. The number of hydrogen-bond acceptors (Lipinski definition) is 4. The van der Waals surface area contributed by atoms with Crippen LogP contribution in [0.4, 0.5) is 15.8 Å². The molecule has 1 aromatic carbocycles. The van der Waals surface area contributed by atoms with E-state index in [-0.39, 0.29) is 35.3 Å². The van der Waals surface area contributed by atoms with E-state index >= 15 is 0 Å². The molecule has 2 N–H and O–H groups in total. The molecular formula is C16H22FN3O3. The first kappa shape index (κ1) is 17.2. The molecular weight excluding hydrogens is 301 g/mol. The molecule has 0 atom stereocenters. The van der Waals surface area contributed by atoms with Crippen LogP contribution in [0.3, 0.4) is 0 Å². The standard InChI is InChI=1S/C16H22FN3O3/c1-10(2)18-16(21)11-3-6-13(7-4-11)19-14-9-12(17)5-8-15(14)20(22)23/h5,8-11,13,19H,3-4,6-7H2,1-2H3,(H,18,21). The van der Waals surface area contributed by atoms with Crippen LogP contribution in [0.5, 0.6) is 0 Å². The lowest BCUT2D eigenvalue weighted by atomic mass is 9.85. The van der Waals surface area contributed by atoms with Gasteiger partial charge in [0, 0.05) is 30.1 Å². The van der Waals surface area contributed by atoms with Gasteiger partial charge in [-0.1, -0.05) is 0 Å². The Morgan fingerprint density at radius 2 is 1.96 bits per heavy atom. The van der Waals surface area contributed by atoms with Crippen molar-refractivity contribution in [3.63, 3.8) is 0 Å². The maximum atomic E-state index is 13.3. The zero-order valence-corrected chi connectivity index (χ0v) is 13.3. The van der Waals surface area contributed by atoms with Crippen LogP contribution in [-0.4, -0.2) is 22.9 Å². The number of carbonyl (C=O) groups is 1. The molecule has 23 heavy (non-hydrogen) atoms. The predicted octanol–water partition coefficient (Wildman–Crippen LogP) is 3.23.